The van der Waals surface area contributed by atoms with E-state index in [0.29, 0.717) is 13.0 Å². The molecule has 1 saturated heterocycles. The number of carboxylic acids is 1. The van der Waals surface area contributed by atoms with Crippen LogP contribution in [0.15, 0.2) is 0 Å². The lowest BCUT2D eigenvalue weighted by Crippen LogP contribution is -2.42. The Bertz CT molecular complexity index is 253. The second-order valence-corrected chi connectivity index (χ2v) is 4.15. The molecule has 5 heteroatoms. The number of piperidine rings is 1. The van der Waals surface area contributed by atoms with E-state index < -0.39 is 12.0 Å². The Hall–Kier alpha value is -1.10. The molecule has 0 aromatic carbocycles. The molecule has 1 amide bonds. The van der Waals surface area contributed by atoms with Crippen LogP contribution < -0.4 is 5.73 Å². The van der Waals surface area contributed by atoms with Crippen LogP contribution >= 0.6 is 0 Å². The van der Waals surface area contributed by atoms with Gasteiger partial charge in [0, 0.05) is 20.0 Å². The smallest absolute Gasteiger partial charge is 0.320 e. The Kier molecular flexibility index (Phi) is 4.08. The fraction of sp³-hybridized carbons (Fsp3) is 0.800. The van der Waals surface area contributed by atoms with Gasteiger partial charge in [-0.05, 0) is 25.2 Å². The second-order valence-electron chi connectivity index (χ2n) is 4.15. The zero-order valence-corrected chi connectivity index (χ0v) is 8.98. The van der Waals surface area contributed by atoms with Gasteiger partial charge in [0.1, 0.15) is 6.04 Å². The monoisotopic (exact) mass is 214 g/mol. The molecule has 0 spiro atoms. The molecule has 15 heavy (non-hydrogen) atoms. The second kappa shape index (κ2) is 5.11. The first-order chi connectivity index (χ1) is 7.00. The Morgan fingerprint density at radius 3 is 2.80 bits per heavy atom. The number of nitrogens with zero attached hydrogens (tertiary/aromatic N) is 1. The molecule has 1 heterocycles. The number of aliphatic carboxylic acids is 1. The first-order valence-corrected chi connectivity index (χ1v) is 5.24. The van der Waals surface area contributed by atoms with Crippen LogP contribution in [0.3, 0.4) is 0 Å². The van der Waals surface area contributed by atoms with Crippen molar-refractivity contribution in [2.24, 2.45) is 11.7 Å². The van der Waals surface area contributed by atoms with E-state index in [-0.39, 0.29) is 11.8 Å². The van der Waals surface area contributed by atoms with Crippen molar-refractivity contribution < 1.29 is 14.7 Å². The number of rotatable bonds is 3. The van der Waals surface area contributed by atoms with Crippen LogP contribution in [-0.2, 0) is 9.59 Å². The van der Waals surface area contributed by atoms with Crippen LogP contribution in [0, 0.1) is 5.92 Å². The summed E-state index contributed by atoms with van der Waals surface area (Å²) in [4.78, 5) is 23.5. The number of likely N-dealkylation sites (tertiary alicyclic amines) is 1. The number of carbonyl (C=O) groups is 2. The van der Waals surface area contributed by atoms with Crippen molar-refractivity contribution >= 4 is 11.9 Å². The van der Waals surface area contributed by atoms with Gasteiger partial charge in [0.25, 0.3) is 0 Å². The zero-order chi connectivity index (χ0) is 11.4. The molecule has 3 N–H and O–H groups in total. The molecule has 5 nitrogen and oxygen atoms in total. The minimum Gasteiger partial charge on any atom is -0.480 e. The van der Waals surface area contributed by atoms with E-state index in [0.717, 1.165) is 19.4 Å². The number of nitrogens with two attached hydrogens (primary N) is 1. The number of amides is 1. The Morgan fingerprint density at radius 2 is 2.27 bits per heavy atom. The van der Waals surface area contributed by atoms with Gasteiger partial charge >= 0.3 is 5.97 Å². The fourth-order valence-corrected chi connectivity index (χ4v) is 2.00. The lowest BCUT2D eigenvalue weighted by molar-refractivity contribution is -0.139. The average molecular weight is 214 g/mol. The summed E-state index contributed by atoms with van der Waals surface area (Å²) in [5.41, 5.74) is 5.47. The maximum atomic E-state index is 11.1. The molecule has 1 aliphatic heterocycles. The summed E-state index contributed by atoms with van der Waals surface area (Å²) in [6, 6.07) is -0.804. The van der Waals surface area contributed by atoms with Gasteiger partial charge in [0.2, 0.25) is 5.91 Å². The summed E-state index contributed by atoms with van der Waals surface area (Å²) in [7, 11) is 0. The predicted octanol–water partition coefficient (Wildman–Crippen LogP) is 0.0469. The normalized spacial score (nSPS) is 23.6. The molecule has 0 aromatic heterocycles. The third kappa shape index (κ3) is 3.51. The SMILES string of the molecule is CC(=O)N1CCCC(CC(N)C(=O)O)C1. The van der Waals surface area contributed by atoms with Gasteiger partial charge in [0.15, 0.2) is 0 Å². The van der Waals surface area contributed by atoms with Crippen LogP contribution in [0.2, 0.25) is 0 Å². The highest BCUT2D eigenvalue weighted by Gasteiger charge is 2.25. The molecular weight excluding hydrogens is 196 g/mol. The van der Waals surface area contributed by atoms with Crippen molar-refractivity contribution in [2.45, 2.75) is 32.2 Å². The maximum absolute atomic E-state index is 11.1. The maximum Gasteiger partial charge on any atom is 0.320 e. The lowest BCUT2D eigenvalue weighted by atomic mass is 9.91. The van der Waals surface area contributed by atoms with E-state index in [1.807, 2.05) is 0 Å². The van der Waals surface area contributed by atoms with Gasteiger partial charge in [-0.15, -0.1) is 0 Å². The highest BCUT2D eigenvalue weighted by molar-refractivity contribution is 5.74. The number of hydrogen-bond acceptors (Lipinski definition) is 3. The Balaban J connectivity index is 2.43. The predicted molar refractivity (Wildman–Crippen MR) is 55.2 cm³/mol. The third-order valence-electron chi connectivity index (χ3n) is 2.87. The molecule has 0 radical (unpaired) electrons. The first-order valence-electron chi connectivity index (χ1n) is 5.24. The van der Waals surface area contributed by atoms with Gasteiger partial charge in [-0.1, -0.05) is 0 Å². The molecule has 1 rings (SSSR count). The van der Waals surface area contributed by atoms with E-state index in [1.54, 1.807) is 11.8 Å². The quantitative estimate of drug-likeness (QED) is 0.695. The van der Waals surface area contributed by atoms with E-state index in [4.69, 9.17) is 10.8 Å². The molecular formula is C10H18N2O3. The summed E-state index contributed by atoms with van der Waals surface area (Å²) < 4.78 is 0. The number of carboxylic acid groups (broad SMARTS) is 1. The molecule has 0 aromatic rings. The van der Waals surface area contributed by atoms with Crippen LogP contribution in [0.25, 0.3) is 0 Å². The number of carbonyl (C=O) groups excluding carboxylic acids is 1. The fourth-order valence-electron chi connectivity index (χ4n) is 2.00. The standard InChI is InChI=1S/C10H18N2O3/c1-7(13)12-4-2-3-8(6-12)5-9(11)10(14)15/h8-9H,2-6,11H2,1H3,(H,14,15). The first kappa shape index (κ1) is 12.0. The van der Waals surface area contributed by atoms with Crippen LogP contribution in [0.1, 0.15) is 26.2 Å². The summed E-state index contributed by atoms with van der Waals surface area (Å²) in [6.07, 6.45) is 2.36. The topological polar surface area (TPSA) is 83.6 Å². The molecule has 0 aliphatic carbocycles. The van der Waals surface area contributed by atoms with Crippen molar-refractivity contribution in [3.05, 3.63) is 0 Å². The van der Waals surface area contributed by atoms with Crippen LogP contribution in [0.5, 0.6) is 0 Å². The highest BCUT2D eigenvalue weighted by atomic mass is 16.4. The van der Waals surface area contributed by atoms with Crippen molar-refractivity contribution in [3.8, 4) is 0 Å². The largest absolute Gasteiger partial charge is 0.480 e. The van der Waals surface area contributed by atoms with Crippen molar-refractivity contribution in [1.82, 2.24) is 4.90 Å². The van der Waals surface area contributed by atoms with Gasteiger partial charge < -0.3 is 15.7 Å². The Labute approximate surface area is 89.2 Å². The highest BCUT2D eigenvalue weighted by Crippen LogP contribution is 2.20. The van der Waals surface area contributed by atoms with Crippen molar-refractivity contribution in [2.75, 3.05) is 13.1 Å². The molecule has 2 unspecified atom stereocenters. The molecule has 0 saturated carbocycles. The molecule has 0 bridgehead atoms. The van der Waals surface area contributed by atoms with Crippen LogP contribution in [-0.4, -0.2) is 41.0 Å². The lowest BCUT2D eigenvalue weighted by Gasteiger charge is -2.32. The molecule has 1 aliphatic rings. The van der Waals surface area contributed by atoms with Gasteiger partial charge in [-0.2, -0.15) is 0 Å². The summed E-state index contributed by atoms with van der Waals surface area (Å²) in [5.74, 6) is -0.674. The van der Waals surface area contributed by atoms with Crippen molar-refractivity contribution in [1.29, 1.82) is 0 Å². The van der Waals surface area contributed by atoms with E-state index in [2.05, 4.69) is 0 Å². The average Bonchev–Trinajstić information content (AvgIpc) is 2.18. The van der Waals surface area contributed by atoms with Crippen LogP contribution in [0.4, 0.5) is 0 Å². The molecule has 2 atom stereocenters. The van der Waals surface area contributed by atoms with Gasteiger partial charge in [-0.25, -0.2) is 0 Å². The van der Waals surface area contributed by atoms with E-state index in [1.165, 1.54) is 0 Å². The van der Waals surface area contributed by atoms with E-state index in [9.17, 15) is 9.59 Å². The van der Waals surface area contributed by atoms with Crippen molar-refractivity contribution in [3.63, 3.8) is 0 Å². The summed E-state index contributed by atoms with van der Waals surface area (Å²) in [6.45, 7) is 2.98. The minimum absolute atomic E-state index is 0.0589. The zero-order valence-electron chi connectivity index (χ0n) is 8.98. The summed E-state index contributed by atoms with van der Waals surface area (Å²) in [5, 5.41) is 8.68. The number of hydrogen-bond donors (Lipinski definition) is 2. The molecule has 1 fully saturated rings. The minimum atomic E-state index is -0.963. The summed E-state index contributed by atoms with van der Waals surface area (Å²) >= 11 is 0. The Morgan fingerprint density at radius 1 is 1.60 bits per heavy atom. The molecule has 86 valence electrons. The van der Waals surface area contributed by atoms with E-state index >= 15 is 0 Å². The van der Waals surface area contributed by atoms with Gasteiger partial charge in [0.05, 0.1) is 0 Å². The van der Waals surface area contributed by atoms with Gasteiger partial charge in [-0.3, -0.25) is 9.59 Å². The third-order valence-corrected chi connectivity index (χ3v) is 2.87.